The van der Waals surface area contributed by atoms with Crippen LogP contribution in [0.1, 0.15) is 37.1 Å². The molecule has 1 fully saturated rings. The molecule has 4 aromatic rings. The topological polar surface area (TPSA) is 56.6 Å². The molecular formula is C29H31N3O3. The smallest absolute Gasteiger partial charge is 0.227 e. The third-order valence-corrected chi connectivity index (χ3v) is 6.45. The summed E-state index contributed by atoms with van der Waals surface area (Å²) < 4.78 is 14.0. The van der Waals surface area contributed by atoms with Crippen LogP contribution in [0.25, 0.3) is 11.0 Å². The van der Waals surface area contributed by atoms with Gasteiger partial charge in [0.25, 0.3) is 0 Å². The Labute approximate surface area is 206 Å². The average molecular weight is 470 g/mol. The Hall–Kier alpha value is -3.80. The molecule has 0 aliphatic carbocycles. The van der Waals surface area contributed by atoms with Gasteiger partial charge in [-0.25, -0.2) is 4.98 Å². The predicted molar refractivity (Wildman–Crippen MR) is 138 cm³/mol. The lowest BCUT2D eigenvalue weighted by molar-refractivity contribution is -0.117. The average Bonchev–Trinajstić information content (AvgIpc) is 3.44. The quantitative estimate of drug-likeness (QED) is 0.294. The molecule has 1 unspecified atom stereocenters. The van der Waals surface area contributed by atoms with E-state index < -0.39 is 0 Å². The van der Waals surface area contributed by atoms with Crippen LogP contribution < -0.4 is 14.4 Å². The Balaban J connectivity index is 1.35. The lowest BCUT2D eigenvalue weighted by Crippen LogP contribution is -2.25. The molecule has 2 heterocycles. The first kappa shape index (κ1) is 23.0. The molecule has 180 valence electrons. The number of rotatable bonds is 9. The molecule has 0 spiro atoms. The van der Waals surface area contributed by atoms with Crippen LogP contribution in [0.2, 0.25) is 0 Å². The Morgan fingerprint density at radius 1 is 0.971 bits per heavy atom. The van der Waals surface area contributed by atoms with E-state index in [1.54, 1.807) is 0 Å². The molecule has 0 N–H and O–H groups in total. The molecular weight excluding hydrogens is 438 g/mol. The molecule has 0 bridgehead atoms. The van der Waals surface area contributed by atoms with Crippen LogP contribution in [-0.4, -0.2) is 35.2 Å². The van der Waals surface area contributed by atoms with Crippen LogP contribution in [0, 0.1) is 6.92 Å². The summed E-state index contributed by atoms with van der Waals surface area (Å²) in [7, 11) is 0. The van der Waals surface area contributed by atoms with Crippen molar-refractivity contribution >= 4 is 22.6 Å². The van der Waals surface area contributed by atoms with Crippen molar-refractivity contribution < 1.29 is 14.3 Å². The number of aromatic nitrogens is 2. The number of ether oxygens (including phenoxy) is 2. The van der Waals surface area contributed by atoms with E-state index >= 15 is 0 Å². The van der Waals surface area contributed by atoms with Crippen molar-refractivity contribution in [1.82, 2.24) is 9.55 Å². The Morgan fingerprint density at radius 3 is 2.57 bits per heavy atom. The van der Waals surface area contributed by atoms with Gasteiger partial charge in [0.2, 0.25) is 5.91 Å². The van der Waals surface area contributed by atoms with E-state index in [-0.39, 0.29) is 11.8 Å². The highest BCUT2D eigenvalue weighted by Gasteiger charge is 2.35. The lowest BCUT2D eigenvalue weighted by atomic mass is 10.1. The van der Waals surface area contributed by atoms with E-state index in [1.807, 2.05) is 66.4 Å². The van der Waals surface area contributed by atoms with Gasteiger partial charge in [-0.15, -0.1) is 0 Å². The molecule has 3 aromatic carbocycles. The minimum Gasteiger partial charge on any atom is -0.494 e. The molecule has 6 nitrogen and oxygen atoms in total. The van der Waals surface area contributed by atoms with E-state index in [2.05, 4.69) is 29.7 Å². The van der Waals surface area contributed by atoms with Gasteiger partial charge in [0, 0.05) is 25.4 Å². The van der Waals surface area contributed by atoms with Gasteiger partial charge in [0.1, 0.15) is 17.3 Å². The zero-order chi connectivity index (χ0) is 24.2. The number of carbonyl (C=O) groups is 1. The first-order valence-corrected chi connectivity index (χ1v) is 12.3. The molecule has 1 saturated heterocycles. The maximum absolute atomic E-state index is 13.1. The van der Waals surface area contributed by atoms with Gasteiger partial charge in [-0.1, -0.05) is 42.0 Å². The third-order valence-electron chi connectivity index (χ3n) is 6.45. The number of anilines is 1. The van der Waals surface area contributed by atoms with Gasteiger partial charge >= 0.3 is 0 Å². The SMILES string of the molecule is CCOc1ccccc1N1CC(c2nc3ccccc3n2CCCOc2ccc(C)cc2)CC1=O. The highest BCUT2D eigenvalue weighted by molar-refractivity contribution is 5.97. The van der Waals surface area contributed by atoms with Gasteiger partial charge < -0.3 is 18.9 Å². The van der Waals surface area contributed by atoms with Crippen molar-refractivity contribution in [3.63, 3.8) is 0 Å². The standard InChI is InChI=1S/C29H31N3O3/c1-3-34-27-12-7-6-11-26(27)32-20-22(19-28(32)33)29-30-24-9-4-5-10-25(24)31(29)17-8-18-35-23-15-13-21(2)14-16-23/h4-7,9-16,22H,3,8,17-20H2,1-2H3. The number of amides is 1. The zero-order valence-electron chi connectivity index (χ0n) is 20.3. The first-order valence-electron chi connectivity index (χ1n) is 12.3. The molecule has 1 aliphatic rings. The van der Waals surface area contributed by atoms with Gasteiger partial charge in [0.15, 0.2) is 0 Å². The van der Waals surface area contributed by atoms with Crippen LogP contribution >= 0.6 is 0 Å². The number of nitrogens with zero attached hydrogens (tertiary/aromatic N) is 3. The van der Waals surface area contributed by atoms with Crippen LogP contribution in [0.3, 0.4) is 0 Å². The van der Waals surface area contributed by atoms with Crippen molar-refractivity contribution in [3.05, 3.63) is 84.2 Å². The maximum Gasteiger partial charge on any atom is 0.227 e. The highest BCUT2D eigenvalue weighted by atomic mass is 16.5. The fraction of sp³-hybridized carbons (Fsp3) is 0.310. The number of hydrogen-bond donors (Lipinski definition) is 0. The second-order valence-electron chi connectivity index (χ2n) is 8.93. The molecule has 35 heavy (non-hydrogen) atoms. The number of aryl methyl sites for hydroxylation is 2. The molecule has 1 amide bonds. The van der Waals surface area contributed by atoms with E-state index in [9.17, 15) is 4.79 Å². The summed E-state index contributed by atoms with van der Waals surface area (Å²) in [6, 6.07) is 24.1. The number of benzene rings is 3. The normalized spacial score (nSPS) is 15.7. The lowest BCUT2D eigenvalue weighted by Gasteiger charge is -2.20. The minimum absolute atomic E-state index is 0.0163. The fourth-order valence-electron chi connectivity index (χ4n) is 4.76. The molecule has 0 saturated carbocycles. The molecule has 5 rings (SSSR count). The van der Waals surface area contributed by atoms with Crippen LogP contribution in [0.15, 0.2) is 72.8 Å². The Kier molecular flexibility index (Phi) is 6.70. The summed E-state index contributed by atoms with van der Waals surface area (Å²) in [6.07, 6.45) is 1.28. The number of para-hydroxylation sites is 4. The summed E-state index contributed by atoms with van der Waals surface area (Å²) in [6.45, 7) is 6.57. The van der Waals surface area contributed by atoms with Crippen molar-refractivity contribution in [2.75, 3.05) is 24.7 Å². The summed E-state index contributed by atoms with van der Waals surface area (Å²) in [5.41, 5.74) is 4.10. The van der Waals surface area contributed by atoms with E-state index in [4.69, 9.17) is 14.5 Å². The second-order valence-corrected chi connectivity index (χ2v) is 8.93. The van der Waals surface area contributed by atoms with Crippen molar-refractivity contribution in [2.45, 2.75) is 39.2 Å². The molecule has 0 radical (unpaired) electrons. The first-order chi connectivity index (χ1) is 17.1. The Morgan fingerprint density at radius 2 is 1.74 bits per heavy atom. The molecule has 1 aliphatic heterocycles. The third kappa shape index (κ3) is 4.87. The van der Waals surface area contributed by atoms with Crippen LogP contribution in [-0.2, 0) is 11.3 Å². The second kappa shape index (κ2) is 10.2. The van der Waals surface area contributed by atoms with Gasteiger partial charge in [-0.2, -0.15) is 0 Å². The minimum atomic E-state index is 0.0163. The number of imidazole rings is 1. The zero-order valence-corrected chi connectivity index (χ0v) is 20.3. The van der Waals surface area contributed by atoms with Crippen molar-refractivity contribution in [1.29, 1.82) is 0 Å². The van der Waals surface area contributed by atoms with E-state index in [0.717, 1.165) is 47.0 Å². The summed E-state index contributed by atoms with van der Waals surface area (Å²) >= 11 is 0. The predicted octanol–water partition coefficient (Wildman–Crippen LogP) is 5.73. The van der Waals surface area contributed by atoms with E-state index in [0.29, 0.717) is 26.2 Å². The molecule has 1 aromatic heterocycles. The van der Waals surface area contributed by atoms with Crippen LogP contribution in [0.4, 0.5) is 5.69 Å². The van der Waals surface area contributed by atoms with E-state index in [1.165, 1.54) is 5.56 Å². The van der Waals surface area contributed by atoms with Crippen molar-refractivity contribution in [2.24, 2.45) is 0 Å². The Bertz CT molecular complexity index is 1310. The number of carbonyl (C=O) groups excluding carboxylic acids is 1. The monoisotopic (exact) mass is 469 g/mol. The van der Waals surface area contributed by atoms with Gasteiger partial charge in [-0.3, -0.25) is 4.79 Å². The summed E-state index contributed by atoms with van der Waals surface area (Å²) in [5.74, 6) is 2.71. The van der Waals surface area contributed by atoms with Gasteiger partial charge in [0.05, 0.1) is 29.9 Å². The largest absolute Gasteiger partial charge is 0.494 e. The number of hydrogen-bond acceptors (Lipinski definition) is 4. The molecule has 1 atom stereocenters. The van der Waals surface area contributed by atoms with Gasteiger partial charge in [-0.05, 0) is 56.7 Å². The summed E-state index contributed by atoms with van der Waals surface area (Å²) in [4.78, 5) is 19.9. The van der Waals surface area contributed by atoms with Crippen LogP contribution in [0.5, 0.6) is 11.5 Å². The fourth-order valence-corrected chi connectivity index (χ4v) is 4.76. The highest BCUT2D eigenvalue weighted by Crippen LogP contribution is 2.37. The number of fused-ring (bicyclic) bond motifs is 1. The summed E-state index contributed by atoms with van der Waals surface area (Å²) in [5, 5.41) is 0. The van der Waals surface area contributed by atoms with Crippen molar-refractivity contribution in [3.8, 4) is 11.5 Å². The maximum atomic E-state index is 13.1. The molecule has 6 heteroatoms.